The molecule has 2 rings (SSSR count). The Bertz CT molecular complexity index is 812. The van der Waals surface area contributed by atoms with E-state index in [1.807, 2.05) is 0 Å². The van der Waals surface area contributed by atoms with E-state index in [2.05, 4.69) is 0 Å². The Kier molecular flexibility index (Phi) is 5.86. The lowest BCUT2D eigenvalue weighted by molar-refractivity contribution is -0.137. The van der Waals surface area contributed by atoms with Crippen LogP contribution in [-0.2, 0) is 17.5 Å². The van der Waals surface area contributed by atoms with E-state index < -0.39 is 23.5 Å². The van der Waals surface area contributed by atoms with Crippen molar-refractivity contribution < 1.29 is 22.7 Å². The molecule has 9 heteroatoms. The van der Waals surface area contributed by atoms with Gasteiger partial charge in [-0.3, -0.25) is 4.90 Å². The van der Waals surface area contributed by atoms with Gasteiger partial charge in [0.15, 0.2) is 0 Å². The summed E-state index contributed by atoms with van der Waals surface area (Å²) in [7, 11) is 0. The molecule has 0 saturated carbocycles. The van der Waals surface area contributed by atoms with Crippen LogP contribution in [0.1, 0.15) is 18.1 Å². The number of nitrogen functional groups attached to an aromatic ring is 2. The highest BCUT2D eigenvalue weighted by atomic mass is 35.5. The van der Waals surface area contributed by atoms with E-state index in [-0.39, 0.29) is 24.5 Å². The molecule has 2 aromatic rings. The number of nitrogens with zero attached hydrogens (tertiary/aromatic N) is 1. The van der Waals surface area contributed by atoms with Crippen molar-refractivity contribution in [3.05, 3.63) is 52.5 Å². The van der Waals surface area contributed by atoms with Crippen molar-refractivity contribution in [2.45, 2.75) is 19.7 Å². The van der Waals surface area contributed by atoms with Crippen molar-refractivity contribution in [3.63, 3.8) is 0 Å². The van der Waals surface area contributed by atoms with Crippen molar-refractivity contribution in [2.75, 3.05) is 22.9 Å². The predicted molar refractivity (Wildman–Crippen MR) is 94.9 cm³/mol. The van der Waals surface area contributed by atoms with E-state index >= 15 is 0 Å². The van der Waals surface area contributed by atoms with E-state index in [1.165, 1.54) is 6.92 Å². The second kappa shape index (κ2) is 7.74. The van der Waals surface area contributed by atoms with Crippen LogP contribution in [0.25, 0.3) is 0 Å². The first kappa shape index (κ1) is 19.7. The van der Waals surface area contributed by atoms with Crippen LogP contribution in [0.5, 0.6) is 0 Å². The summed E-state index contributed by atoms with van der Waals surface area (Å²) in [5.41, 5.74) is 9.69. The van der Waals surface area contributed by atoms with Gasteiger partial charge >= 0.3 is 12.3 Å². The number of hydrogen-bond acceptors (Lipinski definition) is 4. The van der Waals surface area contributed by atoms with E-state index in [1.54, 1.807) is 24.3 Å². The average Bonchev–Trinajstić information content (AvgIpc) is 2.55. The minimum atomic E-state index is -4.74. The number of amides is 1. The number of anilines is 3. The lowest BCUT2D eigenvalue weighted by atomic mass is 10.1. The quantitative estimate of drug-likeness (QED) is 0.746. The zero-order valence-electron chi connectivity index (χ0n) is 13.8. The number of carbonyl (C=O) groups is 1. The largest absolute Gasteiger partial charge is 0.444 e. The predicted octanol–water partition coefficient (Wildman–Crippen LogP) is 4.69. The topological polar surface area (TPSA) is 81.6 Å². The van der Waals surface area contributed by atoms with Gasteiger partial charge < -0.3 is 16.2 Å². The van der Waals surface area contributed by atoms with Crippen LogP contribution in [0.4, 0.5) is 35.0 Å². The Morgan fingerprint density at radius 1 is 1.23 bits per heavy atom. The maximum Gasteiger partial charge on any atom is 0.418 e. The van der Waals surface area contributed by atoms with Crippen molar-refractivity contribution in [1.82, 2.24) is 0 Å². The summed E-state index contributed by atoms with van der Waals surface area (Å²) in [5.74, 6) is 0. The Balaban J connectivity index is 2.33. The fourth-order valence-corrected chi connectivity index (χ4v) is 2.60. The summed E-state index contributed by atoms with van der Waals surface area (Å²) in [4.78, 5) is 13.2. The monoisotopic (exact) mass is 387 g/mol. The Morgan fingerprint density at radius 2 is 1.88 bits per heavy atom. The van der Waals surface area contributed by atoms with Crippen LogP contribution in [0.2, 0.25) is 5.02 Å². The summed E-state index contributed by atoms with van der Waals surface area (Å²) < 4.78 is 45.2. The molecule has 0 fully saturated rings. The highest BCUT2D eigenvalue weighted by Crippen LogP contribution is 2.41. The SMILES string of the molecule is CCN(C(=O)OCc1ccccc1Cl)c1c(N)cc(N)cc1C(F)(F)F. The number of halogens is 4. The van der Waals surface area contributed by atoms with E-state index in [0.29, 0.717) is 10.6 Å². The molecular formula is C17H17ClF3N3O2. The molecule has 0 aliphatic heterocycles. The van der Waals surface area contributed by atoms with Crippen LogP contribution in [0.3, 0.4) is 0 Å². The maximum absolute atomic E-state index is 13.4. The molecule has 0 unspecified atom stereocenters. The molecule has 1 amide bonds. The van der Waals surface area contributed by atoms with Gasteiger partial charge in [0, 0.05) is 22.8 Å². The lowest BCUT2D eigenvalue weighted by Gasteiger charge is -2.26. The lowest BCUT2D eigenvalue weighted by Crippen LogP contribution is -2.34. The average molecular weight is 388 g/mol. The van der Waals surface area contributed by atoms with Crippen molar-refractivity contribution in [1.29, 1.82) is 0 Å². The number of alkyl halides is 3. The molecule has 0 aromatic heterocycles. The fraction of sp³-hybridized carbons (Fsp3) is 0.235. The van der Waals surface area contributed by atoms with Gasteiger partial charge in [-0.1, -0.05) is 29.8 Å². The Morgan fingerprint density at radius 3 is 2.46 bits per heavy atom. The normalized spacial score (nSPS) is 11.3. The van der Waals surface area contributed by atoms with E-state index in [0.717, 1.165) is 17.0 Å². The standard InChI is InChI=1S/C17H17ClF3N3O2/c1-2-24(16(25)26-9-10-5-3-4-6-13(10)18)15-12(17(19,20)21)7-11(22)8-14(15)23/h3-8H,2,9,22-23H2,1H3. The van der Waals surface area contributed by atoms with Crippen LogP contribution >= 0.6 is 11.6 Å². The molecule has 0 aliphatic rings. The molecule has 4 N–H and O–H groups in total. The molecule has 0 atom stereocenters. The first-order valence-electron chi connectivity index (χ1n) is 7.59. The molecule has 0 aliphatic carbocycles. The summed E-state index contributed by atoms with van der Waals surface area (Å²) in [5, 5.41) is 0.381. The van der Waals surface area contributed by atoms with Gasteiger partial charge in [0.05, 0.1) is 16.9 Å². The van der Waals surface area contributed by atoms with Gasteiger partial charge in [0.25, 0.3) is 0 Å². The Hall–Kier alpha value is -2.61. The molecule has 0 heterocycles. The number of nitrogens with two attached hydrogens (primary N) is 2. The summed E-state index contributed by atoms with van der Waals surface area (Å²) in [6.07, 6.45) is -5.72. The molecule has 2 aromatic carbocycles. The number of benzene rings is 2. The highest BCUT2D eigenvalue weighted by molar-refractivity contribution is 6.31. The third kappa shape index (κ3) is 4.32. The first-order chi connectivity index (χ1) is 12.1. The highest BCUT2D eigenvalue weighted by Gasteiger charge is 2.37. The number of rotatable bonds is 4. The molecule has 0 spiro atoms. The molecular weight excluding hydrogens is 371 g/mol. The second-order valence-electron chi connectivity index (χ2n) is 5.39. The summed E-state index contributed by atoms with van der Waals surface area (Å²) in [6, 6.07) is 8.56. The van der Waals surface area contributed by atoms with Gasteiger partial charge in [-0.25, -0.2) is 4.79 Å². The fourth-order valence-electron chi connectivity index (χ4n) is 2.41. The van der Waals surface area contributed by atoms with Crippen molar-refractivity contribution in [3.8, 4) is 0 Å². The van der Waals surface area contributed by atoms with Crippen LogP contribution in [0, 0.1) is 0 Å². The van der Waals surface area contributed by atoms with Gasteiger partial charge in [-0.05, 0) is 25.1 Å². The zero-order valence-corrected chi connectivity index (χ0v) is 14.6. The van der Waals surface area contributed by atoms with Crippen molar-refractivity contribution >= 4 is 34.8 Å². The molecule has 26 heavy (non-hydrogen) atoms. The maximum atomic E-state index is 13.4. The second-order valence-corrected chi connectivity index (χ2v) is 5.80. The Labute approximate surface area is 153 Å². The third-order valence-electron chi connectivity index (χ3n) is 3.58. The van der Waals surface area contributed by atoms with Gasteiger partial charge in [-0.15, -0.1) is 0 Å². The minimum absolute atomic E-state index is 0.0848. The molecule has 5 nitrogen and oxygen atoms in total. The molecule has 140 valence electrons. The summed E-state index contributed by atoms with van der Waals surface area (Å²) >= 11 is 5.98. The zero-order chi connectivity index (χ0) is 19.5. The van der Waals surface area contributed by atoms with Gasteiger partial charge in [-0.2, -0.15) is 13.2 Å². The molecule has 0 radical (unpaired) electrons. The van der Waals surface area contributed by atoms with Gasteiger partial charge in [0.2, 0.25) is 0 Å². The van der Waals surface area contributed by atoms with E-state index in [9.17, 15) is 18.0 Å². The number of hydrogen-bond donors (Lipinski definition) is 2. The van der Waals surface area contributed by atoms with Crippen LogP contribution in [0.15, 0.2) is 36.4 Å². The number of ether oxygens (including phenoxy) is 1. The smallest absolute Gasteiger partial charge is 0.418 e. The first-order valence-corrected chi connectivity index (χ1v) is 7.96. The molecule has 0 saturated heterocycles. The molecule has 0 bridgehead atoms. The third-order valence-corrected chi connectivity index (χ3v) is 3.95. The van der Waals surface area contributed by atoms with E-state index in [4.69, 9.17) is 27.8 Å². The van der Waals surface area contributed by atoms with Crippen molar-refractivity contribution in [2.24, 2.45) is 0 Å². The minimum Gasteiger partial charge on any atom is -0.444 e. The number of carbonyl (C=O) groups excluding carboxylic acids is 1. The summed E-state index contributed by atoms with van der Waals surface area (Å²) in [6.45, 7) is 1.23. The van der Waals surface area contributed by atoms with Crippen LogP contribution < -0.4 is 16.4 Å². The van der Waals surface area contributed by atoms with Crippen LogP contribution in [-0.4, -0.2) is 12.6 Å². The van der Waals surface area contributed by atoms with Gasteiger partial charge in [0.1, 0.15) is 6.61 Å².